The van der Waals surface area contributed by atoms with Gasteiger partial charge in [0.1, 0.15) is 12.2 Å². The Morgan fingerprint density at radius 3 is 1.17 bits per heavy atom. The van der Waals surface area contributed by atoms with Crippen molar-refractivity contribution in [2.45, 2.75) is 115 Å². The molecule has 0 bridgehead atoms. The number of hydrogen-bond acceptors (Lipinski definition) is 5. The van der Waals surface area contributed by atoms with Gasteiger partial charge in [0.25, 0.3) is 0 Å². The zero-order valence-electron chi connectivity index (χ0n) is 16.7. The Balaban J connectivity index is 1.93. The molecule has 2 rings (SSSR count). The normalized spacial score (nSPS) is 29.3. The van der Waals surface area contributed by atoms with Gasteiger partial charge in [-0.3, -0.25) is 0 Å². The topological polar surface area (TPSA) is 59.6 Å². The number of nitrogens with one attached hydrogen (secondary N) is 2. The van der Waals surface area contributed by atoms with E-state index in [-0.39, 0.29) is 34.4 Å². The van der Waals surface area contributed by atoms with Gasteiger partial charge in [-0.25, -0.2) is 0 Å². The molecule has 2 aliphatic heterocycles. The molecule has 0 aliphatic carbocycles. The van der Waals surface area contributed by atoms with Gasteiger partial charge in [-0.05, 0) is 81.1 Å². The van der Waals surface area contributed by atoms with Gasteiger partial charge in [0, 0.05) is 26.7 Å². The van der Waals surface area contributed by atoms with Crippen molar-refractivity contribution in [1.29, 1.82) is 0 Å². The highest BCUT2D eigenvalue weighted by Crippen LogP contribution is 2.40. The molecule has 0 saturated carbocycles. The van der Waals surface area contributed by atoms with Crippen LogP contribution in [0.2, 0.25) is 0 Å². The number of rotatable bonds is 4. The van der Waals surface area contributed by atoms with E-state index in [1.807, 2.05) is 0 Å². The molecule has 2 heterocycles. The summed E-state index contributed by atoms with van der Waals surface area (Å²) in [6.45, 7) is 17.3. The molecule has 0 atom stereocenters. The van der Waals surface area contributed by atoms with Crippen LogP contribution >= 0.6 is 8.25 Å². The van der Waals surface area contributed by atoms with Crippen LogP contribution in [-0.4, -0.2) is 34.4 Å². The lowest BCUT2D eigenvalue weighted by Crippen LogP contribution is -2.59. The molecule has 6 heteroatoms. The van der Waals surface area contributed by atoms with Crippen molar-refractivity contribution < 1.29 is 13.6 Å². The molecule has 0 aromatic rings. The summed E-state index contributed by atoms with van der Waals surface area (Å²) in [5, 5.41) is 7.23. The molecule has 0 radical (unpaired) electrons. The predicted octanol–water partition coefficient (Wildman–Crippen LogP) is 4.30. The molecule has 0 amide bonds. The Bertz CT molecular complexity index is 415. The van der Waals surface area contributed by atoms with Crippen molar-refractivity contribution in [2.75, 3.05) is 0 Å². The van der Waals surface area contributed by atoms with Crippen molar-refractivity contribution in [3.63, 3.8) is 0 Å². The lowest BCUT2D eigenvalue weighted by Gasteiger charge is -2.45. The van der Waals surface area contributed by atoms with Gasteiger partial charge >= 0.3 is 8.25 Å². The summed E-state index contributed by atoms with van der Waals surface area (Å²) in [4.78, 5) is 0. The van der Waals surface area contributed by atoms with E-state index in [1.54, 1.807) is 0 Å². The van der Waals surface area contributed by atoms with E-state index in [0.29, 0.717) is 0 Å². The molecule has 0 aromatic carbocycles. The summed E-state index contributed by atoms with van der Waals surface area (Å²) in [7, 11) is -2.10. The van der Waals surface area contributed by atoms with Crippen LogP contribution in [0.4, 0.5) is 0 Å². The van der Waals surface area contributed by atoms with Gasteiger partial charge in [-0.1, -0.05) is 0 Å². The average molecular weight is 359 g/mol. The van der Waals surface area contributed by atoms with Crippen molar-refractivity contribution in [1.82, 2.24) is 10.6 Å². The molecule has 0 unspecified atom stereocenters. The fourth-order valence-corrected chi connectivity index (χ4v) is 5.71. The van der Waals surface area contributed by atoms with Crippen LogP contribution in [-0.2, 0) is 13.6 Å². The lowest BCUT2D eigenvalue weighted by molar-refractivity contribution is 0.0207. The maximum Gasteiger partial charge on any atom is 0.697 e. The Kier molecular flexibility index (Phi) is 5.56. The highest BCUT2D eigenvalue weighted by molar-refractivity contribution is 7.33. The maximum atomic E-state index is 12.5. The Morgan fingerprint density at radius 2 is 0.917 bits per heavy atom. The second-order valence-corrected chi connectivity index (χ2v) is 11.1. The Morgan fingerprint density at radius 1 is 0.667 bits per heavy atom. The summed E-state index contributed by atoms with van der Waals surface area (Å²) in [6, 6.07) is 0. The van der Waals surface area contributed by atoms with Crippen LogP contribution in [0, 0.1) is 0 Å². The third-order valence-electron chi connectivity index (χ3n) is 4.78. The van der Waals surface area contributed by atoms with Gasteiger partial charge in [0.2, 0.25) is 0 Å². The first kappa shape index (κ1) is 20.3. The van der Waals surface area contributed by atoms with Crippen LogP contribution in [0.15, 0.2) is 0 Å². The van der Waals surface area contributed by atoms with E-state index in [9.17, 15) is 4.57 Å². The fourth-order valence-electron chi connectivity index (χ4n) is 4.87. The van der Waals surface area contributed by atoms with Crippen LogP contribution in [0.25, 0.3) is 0 Å². The van der Waals surface area contributed by atoms with Gasteiger partial charge in [-0.15, -0.1) is 9.05 Å². The highest BCUT2D eigenvalue weighted by atomic mass is 31.1. The Labute approximate surface area is 148 Å². The van der Waals surface area contributed by atoms with Crippen molar-refractivity contribution in [3.05, 3.63) is 0 Å². The molecule has 2 saturated heterocycles. The van der Waals surface area contributed by atoms with Crippen LogP contribution in [0.3, 0.4) is 0 Å². The third kappa shape index (κ3) is 6.03. The molecule has 2 fully saturated rings. The third-order valence-corrected chi connectivity index (χ3v) is 5.72. The van der Waals surface area contributed by atoms with Crippen molar-refractivity contribution in [3.8, 4) is 0 Å². The zero-order valence-corrected chi connectivity index (χ0v) is 17.5. The van der Waals surface area contributed by atoms with Crippen LogP contribution < -0.4 is 10.6 Å². The largest absolute Gasteiger partial charge is 0.697 e. The van der Waals surface area contributed by atoms with E-state index in [0.717, 1.165) is 25.7 Å². The van der Waals surface area contributed by atoms with Crippen LogP contribution in [0.1, 0.15) is 81.1 Å². The smallest absolute Gasteiger partial charge is 0.307 e. The van der Waals surface area contributed by atoms with Crippen molar-refractivity contribution in [2.24, 2.45) is 0 Å². The number of piperidine rings is 2. The van der Waals surface area contributed by atoms with E-state index >= 15 is 0 Å². The molecule has 5 nitrogen and oxygen atoms in total. The number of hydrogen-bond donors (Lipinski definition) is 2. The first-order valence-electron chi connectivity index (χ1n) is 9.07. The maximum absolute atomic E-state index is 12.5. The lowest BCUT2D eigenvalue weighted by atomic mass is 9.81. The Hall–Kier alpha value is -0.0600. The monoisotopic (exact) mass is 359 g/mol. The first-order valence-corrected chi connectivity index (χ1v) is 10.2. The fraction of sp³-hybridized carbons (Fsp3) is 1.00. The van der Waals surface area contributed by atoms with E-state index < -0.39 is 8.25 Å². The van der Waals surface area contributed by atoms with Crippen molar-refractivity contribution >= 4 is 8.25 Å². The van der Waals surface area contributed by atoms with Gasteiger partial charge < -0.3 is 10.6 Å². The minimum atomic E-state index is -2.10. The highest BCUT2D eigenvalue weighted by Gasteiger charge is 2.46. The summed E-state index contributed by atoms with van der Waals surface area (Å²) in [5.41, 5.74) is -0.106. The summed E-state index contributed by atoms with van der Waals surface area (Å²) in [5.74, 6) is 0. The summed E-state index contributed by atoms with van der Waals surface area (Å²) in [6.07, 6.45) is 3.27. The van der Waals surface area contributed by atoms with Gasteiger partial charge in [-0.2, -0.15) is 0 Å². The SMILES string of the molecule is CC1(C)CC(O[P+](=O)OC2CC(C)(C)NC(C)(C)C2)CC(C)(C)N1. The minimum absolute atomic E-state index is 0.0265. The van der Waals surface area contributed by atoms with E-state index in [2.05, 4.69) is 66.0 Å². The average Bonchev–Trinajstić information content (AvgIpc) is 2.17. The molecule has 24 heavy (non-hydrogen) atoms. The van der Waals surface area contributed by atoms with E-state index in [4.69, 9.17) is 9.05 Å². The molecule has 0 spiro atoms. The second kappa shape index (κ2) is 6.59. The molecular formula is C18H36N2O3P+. The predicted molar refractivity (Wildman–Crippen MR) is 98.4 cm³/mol. The summed E-state index contributed by atoms with van der Waals surface area (Å²) < 4.78 is 24.1. The van der Waals surface area contributed by atoms with Gasteiger partial charge in [0.05, 0.1) is 0 Å². The standard InChI is InChI=1S/C18H36N2O3P/c1-15(2)9-13(10-16(3,4)19-15)22-24(21)23-14-11-17(5,6)20-18(7,8)12-14/h13-14,19-20H,9-12H2,1-8H3/q+1. The molecule has 0 aromatic heterocycles. The van der Waals surface area contributed by atoms with E-state index in [1.165, 1.54) is 0 Å². The molecular weight excluding hydrogens is 323 g/mol. The first-order chi connectivity index (χ1) is 10.7. The molecule has 2 N–H and O–H groups in total. The summed E-state index contributed by atoms with van der Waals surface area (Å²) >= 11 is 0. The molecule has 140 valence electrons. The minimum Gasteiger partial charge on any atom is -0.307 e. The quantitative estimate of drug-likeness (QED) is 0.733. The second-order valence-electron chi connectivity index (χ2n) is 10.3. The molecule has 2 aliphatic rings. The van der Waals surface area contributed by atoms with Gasteiger partial charge in [0.15, 0.2) is 0 Å². The van der Waals surface area contributed by atoms with Crippen LogP contribution in [0.5, 0.6) is 0 Å². The zero-order chi connectivity index (χ0) is 18.4.